The second-order valence-corrected chi connectivity index (χ2v) is 6.11. The van der Waals surface area contributed by atoms with E-state index >= 15 is 0 Å². The average molecular weight is 329 g/mol. The number of nitrogens with zero attached hydrogens (tertiary/aromatic N) is 3. The second kappa shape index (κ2) is 7.11. The van der Waals surface area contributed by atoms with Crippen LogP contribution in [0.25, 0.3) is 5.82 Å². The van der Waals surface area contributed by atoms with Crippen molar-refractivity contribution in [2.75, 3.05) is 19.8 Å². The van der Waals surface area contributed by atoms with Crippen LogP contribution in [0.3, 0.4) is 0 Å². The lowest BCUT2D eigenvalue weighted by Crippen LogP contribution is -2.49. The van der Waals surface area contributed by atoms with Crippen LogP contribution in [0.1, 0.15) is 24.2 Å². The van der Waals surface area contributed by atoms with Crippen molar-refractivity contribution >= 4 is 5.91 Å². The first-order valence-corrected chi connectivity index (χ1v) is 8.17. The van der Waals surface area contributed by atoms with Crippen molar-refractivity contribution in [3.63, 3.8) is 0 Å². The Bertz CT molecular complexity index is 707. The molecule has 0 aliphatic carbocycles. The number of carbonyl (C=O) groups excluding carboxylic acids is 1. The molecule has 0 bridgehead atoms. The van der Waals surface area contributed by atoms with Crippen molar-refractivity contribution in [2.45, 2.75) is 26.3 Å². The molecule has 3 heterocycles. The Kier molecular flexibility index (Phi) is 4.92. The average Bonchev–Trinajstić information content (AvgIpc) is 3.06. The maximum Gasteiger partial charge on any atom is 0.227 e. The van der Waals surface area contributed by atoms with Crippen LogP contribution in [0, 0.1) is 12.3 Å². The second-order valence-electron chi connectivity index (χ2n) is 6.11. The maximum atomic E-state index is 12.7. The number of nitrogens with one attached hydrogen (secondary N) is 1. The Hall–Kier alpha value is -2.25. The molecule has 1 aliphatic heterocycles. The SMILES string of the molecule is Cc1nccn1-c1ncccc1CNC(=O)C1(CN)CCOCC1. The lowest BCUT2D eigenvalue weighted by atomic mass is 9.79. The third kappa shape index (κ3) is 3.18. The first-order chi connectivity index (χ1) is 11.7. The van der Waals surface area contributed by atoms with Crippen molar-refractivity contribution in [2.24, 2.45) is 11.1 Å². The molecule has 0 spiro atoms. The molecule has 1 fully saturated rings. The molecular weight excluding hydrogens is 306 g/mol. The van der Waals surface area contributed by atoms with E-state index in [0.717, 1.165) is 17.2 Å². The zero-order valence-corrected chi connectivity index (χ0v) is 13.9. The zero-order chi connectivity index (χ0) is 17.0. The van der Waals surface area contributed by atoms with Crippen LogP contribution in [0.4, 0.5) is 0 Å². The molecule has 0 unspecified atom stereocenters. The molecule has 1 aliphatic rings. The highest BCUT2D eigenvalue weighted by Gasteiger charge is 2.38. The van der Waals surface area contributed by atoms with Gasteiger partial charge in [0.15, 0.2) is 0 Å². The van der Waals surface area contributed by atoms with Crippen LogP contribution >= 0.6 is 0 Å². The Balaban J connectivity index is 1.75. The lowest BCUT2D eigenvalue weighted by Gasteiger charge is -2.34. The predicted octanol–water partition coefficient (Wildman–Crippen LogP) is 0.947. The van der Waals surface area contributed by atoms with Gasteiger partial charge in [0, 0.05) is 50.5 Å². The fourth-order valence-corrected chi connectivity index (χ4v) is 3.04. The minimum Gasteiger partial charge on any atom is -0.381 e. The Morgan fingerprint density at radius 2 is 2.17 bits per heavy atom. The van der Waals surface area contributed by atoms with Gasteiger partial charge in [-0.05, 0) is 25.8 Å². The van der Waals surface area contributed by atoms with Gasteiger partial charge in [0.1, 0.15) is 11.6 Å². The Morgan fingerprint density at radius 1 is 1.38 bits per heavy atom. The summed E-state index contributed by atoms with van der Waals surface area (Å²) in [5.41, 5.74) is 6.31. The first-order valence-electron chi connectivity index (χ1n) is 8.17. The summed E-state index contributed by atoms with van der Waals surface area (Å²) in [5, 5.41) is 3.03. The Morgan fingerprint density at radius 3 is 2.83 bits per heavy atom. The summed E-state index contributed by atoms with van der Waals surface area (Å²) in [6.45, 7) is 3.82. The van der Waals surface area contributed by atoms with Crippen LogP contribution in [-0.4, -0.2) is 40.2 Å². The summed E-state index contributed by atoms with van der Waals surface area (Å²) in [6, 6.07) is 3.82. The maximum absolute atomic E-state index is 12.7. The lowest BCUT2D eigenvalue weighted by molar-refractivity contribution is -0.136. The summed E-state index contributed by atoms with van der Waals surface area (Å²) in [6.07, 6.45) is 6.66. The molecule has 2 aromatic heterocycles. The minimum atomic E-state index is -0.522. The number of imidazole rings is 1. The van der Waals surface area contributed by atoms with Crippen molar-refractivity contribution in [1.29, 1.82) is 0 Å². The fraction of sp³-hybridized carbons (Fsp3) is 0.471. The molecule has 3 rings (SSSR count). The smallest absolute Gasteiger partial charge is 0.227 e. The van der Waals surface area contributed by atoms with Crippen LogP contribution in [0.15, 0.2) is 30.7 Å². The van der Waals surface area contributed by atoms with Crippen molar-refractivity contribution in [3.05, 3.63) is 42.1 Å². The van der Waals surface area contributed by atoms with Crippen LogP contribution in [0.5, 0.6) is 0 Å². The molecule has 7 heteroatoms. The van der Waals surface area contributed by atoms with Gasteiger partial charge in [-0.1, -0.05) is 6.07 Å². The molecule has 3 N–H and O–H groups in total. The molecule has 0 saturated carbocycles. The van der Waals surface area contributed by atoms with Gasteiger partial charge < -0.3 is 15.8 Å². The summed E-state index contributed by atoms with van der Waals surface area (Å²) in [5.74, 6) is 1.62. The van der Waals surface area contributed by atoms with E-state index in [4.69, 9.17) is 10.5 Å². The topological polar surface area (TPSA) is 95.1 Å². The molecule has 0 aromatic carbocycles. The van der Waals surface area contributed by atoms with E-state index in [1.165, 1.54) is 0 Å². The van der Waals surface area contributed by atoms with E-state index in [1.54, 1.807) is 12.4 Å². The summed E-state index contributed by atoms with van der Waals surface area (Å²) in [7, 11) is 0. The van der Waals surface area contributed by atoms with Gasteiger partial charge in [-0.15, -0.1) is 0 Å². The first kappa shape index (κ1) is 16.6. The molecule has 0 radical (unpaired) electrons. The zero-order valence-electron chi connectivity index (χ0n) is 13.9. The van der Waals surface area contributed by atoms with Crippen molar-refractivity contribution in [3.8, 4) is 5.82 Å². The highest BCUT2D eigenvalue weighted by Crippen LogP contribution is 2.29. The number of aromatic nitrogens is 3. The van der Waals surface area contributed by atoms with Gasteiger partial charge >= 0.3 is 0 Å². The summed E-state index contributed by atoms with van der Waals surface area (Å²) < 4.78 is 7.28. The number of nitrogens with two attached hydrogens (primary N) is 1. The number of amides is 1. The van der Waals surface area contributed by atoms with Crippen molar-refractivity contribution < 1.29 is 9.53 Å². The Labute approximate surface area is 141 Å². The van der Waals surface area contributed by atoms with Crippen molar-refractivity contribution in [1.82, 2.24) is 19.9 Å². The normalized spacial score (nSPS) is 16.8. The quantitative estimate of drug-likeness (QED) is 0.851. The fourth-order valence-electron chi connectivity index (χ4n) is 3.04. The molecule has 1 saturated heterocycles. The number of pyridine rings is 1. The number of rotatable bonds is 5. The third-order valence-electron chi connectivity index (χ3n) is 4.68. The van der Waals surface area contributed by atoms with Gasteiger partial charge in [-0.2, -0.15) is 0 Å². The molecule has 1 amide bonds. The number of ether oxygens (including phenoxy) is 1. The van der Waals surface area contributed by atoms with Gasteiger partial charge in [-0.25, -0.2) is 9.97 Å². The number of hydrogen-bond acceptors (Lipinski definition) is 5. The van der Waals surface area contributed by atoms with E-state index in [2.05, 4.69) is 15.3 Å². The number of aryl methyl sites for hydroxylation is 1. The molecule has 128 valence electrons. The number of carbonyl (C=O) groups is 1. The number of hydrogen-bond donors (Lipinski definition) is 2. The van der Waals surface area contributed by atoms with Gasteiger partial charge in [0.25, 0.3) is 0 Å². The van der Waals surface area contributed by atoms with Crippen LogP contribution < -0.4 is 11.1 Å². The molecule has 0 atom stereocenters. The highest BCUT2D eigenvalue weighted by atomic mass is 16.5. The summed E-state index contributed by atoms with van der Waals surface area (Å²) in [4.78, 5) is 21.4. The van der Waals surface area contributed by atoms with E-state index in [-0.39, 0.29) is 5.91 Å². The van der Waals surface area contributed by atoms with Gasteiger partial charge in [-0.3, -0.25) is 9.36 Å². The van der Waals surface area contributed by atoms with Gasteiger partial charge in [0.2, 0.25) is 5.91 Å². The monoisotopic (exact) mass is 329 g/mol. The predicted molar refractivity (Wildman–Crippen MR) is 89.5 cm³/mol. The minimum absolute atomic E-state index is 0.00884. The molecule has 7 nitrogen and oxygen atoms in total. The standard InChI is InChI=1S/C17H23N5O2/c1-13-19-7-8-22(13)15-14(3-2-6-20-15)11-21-16(23)17(12-18)4-9-24-10-5-17/h2-3,6-8H,4-5,9-12,18H2,1H3,(H,21,23). The van der Waals surface area contributed by atoms with E-state index in [9.17, 15) is 4.79 Å². The molecule has 2 aromatic rings. The van der Waals surface area contributed by atoms with Crippen LogP contribution in [-0.2, 0) is 16.1 Å². The third-order valence-corrected chi connectivity index (χ3v) is 4.68. The van der Waals surface area contributed by atoms with E-state index in [1.807, 2.05) is 29.8 Å². The largest absolute Gasteiger partial charge is 0.381 e. The molecule has 24 heavy (non-hydrogen) atoms. The molecular formula is C17H23N5O2. The van der Waals surface area contributed by atoms with E-state index < -0.39 is 5.41 Å². The van der Waals surface area contributed by atoms with E-state index in [0.29, 0.717) is 39.1 Å². The van der Waals surface area contributed by atoms with Crippen LogP contribution in [0.2, 0.25) is 0 Å². The highest BCUT2D eigenvalue weighted by molar-refractivity contribution is 5.83. The summed E-state index contributed by atoms with van der Waals surface area (Å²) >= 11 is 0. The van der Waals surface area contributed by atoms with Gasteiger partial charge in [0.05, 0.1) is 5.41 Å².